The molecule has 0 spiro atoms. The van der Waals surface area contributed by atoms with Crippen LogP contribution < -0.4 is 4.90 Å². The summed E-state index contributed by atoms with van der Waals surface area (Å²) >= 11 is 1.75. The first-order valence-electron chi connectivity index (χ1n) is 13.2. The Morgan fingerprint density at radius 1 is 0.875 bits per heavy atom. The van der Waals surface area contributed by atoms with E-state index in [0.717, 1.165) is 21.9 Å². The van der Waals surface area contributed by atoms with Crippen LogP contribution in [0, 0.1) is 24.8 Å². The molecular weight excluding hydrogens is 506 g/mol. The average Bonchev–Trinajstić information content (AvgIpc) is 3.49. The van der Waals surface area contributed by atoms with E-state index in [0.29, 0.717) is 0 Å². The highest BCUT2D eigenvalue weighted by molar-refractivity contribution is 7.16. The van der Waals surface area contributed by atoms with Gasteiger partial charge in [0.05, 0.1) is 12.6 Å². The van der Waals surface area contributed by atoms with Crippen molar-refractivity contribution in [3.63, 3.8) is 0 Å². The van der Waals surface area contributed by atoms with Gasteiger partial charge in [-0.1, -0.05) is 74.0 Å². The smallest absolute Gasteiger partial charge is 0.261 e. The lowest BCUT2D eigenvalue weighted by Gasteiger charge is -2.28. The lowest BCUT2D eigenvalue weighted by molar-refractivity contribution is 0.662. The number of nitriles is 1. The van der Waals surface area contributed by atoms with Crippen LogP contribution in [-0.4, -0.2) is 0 Å². The van der Waals surface area contributed by atoms with Gasteiger partial charge in [-0.3, -0.25) is 0 Å². The maximum atomic E-state index is 9.00. The van der Waals surface area contributed by atoms with Crippen LogP contribution in [0.25, 0.3) is 32.1 Å². The van der Waals surface area contributed by atoms with Crippen molar-refractivity contribution in [2.75, 3.05) is 4.90 Å². The first-order valence-corrected chi connectivity index (χ1v) is 14.0. The summed E-state index contributed by atoms with van der Waals surface area (Å²) in [6, 6.07) is 34.9. The third-order valence-corrected chi connectivity index (χ3v) is 8.77. The van der Waals surface area contributed by atoms with Gasteiger partial charge in [-0.25, -0.2) is 10.1 Å². The van der Waals surface area contributed by atoms with E-state index in [9.17, 15) is 0 Å². The van der Waals surface area contributed by atoms with Crippen LogP contribution in [0.15, 0.2) is 109 Å². The summed E-state index contributed by atoms with van der Waals surface area (Å²) in [6.45, 7) is 13.8. The quantitative estimate of drug-likeness (QED) is 0.128. The molecule has 0 bridgehead atoms. The van der Waals surface area contributed by atoms with E-state index < -0.39 is 0 Å². The van der Waals surface area contributed by atoms with Crippen molar-refractivity contribution in [3.8, 4) is 16.5 Å². The maximum Gasteiger partial charge on any atom is 0.261 e. The van der Waals surface area contributed by atoms with Crippen LogP contribution in [0.5, 0.6) is 0 Å². The zero-order valence-corrected chi connectivity index (χ0v) is 23.5. The van der Waals surface area contributed by atoms with Gasteiger partial charge in [-0.15, -0.1) is 11.3 Å². The Morgan fingerprint density at radius 2 is 1.57 bits per heavy atom. The molecule has 1 aliphatic carbocycles. The topological polar surface area (TPSA) is 31.4 Å². The highest BCUT2D eigenvalue weighted by atomic mass is 32.1. The summed E-state index contributed by atoms with van der Waals surface area (Å²) in [7, 11) is 0. The molecule has 0 N–H and O–H groups in total. The Bertz CT molecular complexity index is 1890. The minimum Gasteiger partial charge on any atom is -0.310 e. The van der Waals surface area contributed by atoms with E-state index in [1.165, 1.54) is 37.9 Å². The van der Waals surface area contributed by atoms with Gasteiger partial charge in [0, 0.05) is 32.2 Å². The average molecular weight is 534 g/mol. The Hall–Kier alpha value is -4.90. The Kier molecular flexibility index (Phi) is 6.35. The number of rotatable bonds is 5. The van der Waals surface area contributed by atoms with Crippen LogP contribution in [0.3, 0.4) is 0 Å². The summed E-state index contributed by atoms with van der Waals surface area (Å²) in [5.41, 5.74) is 8.46. The maximum absolute atomic E-state index is 9.00. The number of nitrogens with zero attached hydrogens (tertiary/aromatic N) is 3. The highest BCUT2D eigenvalue weighted by Crippen LogP contribution is 2.54. The molecule has 192 valence electrons. The predicted octanol–water partition coefficient (Wildman–Crippen LogP) is 10.3. The number of hydrogen-bond acceptors (Lipinski definition) is 3. The molecule has 0 atom stereocenters. The van der Waals surface area contributed by atoms with E-state index in [2.05, 4.69) is 122 Å². The van der Waals surface area contributed by atoms with E-state index in [-0.39, 0.29) is 11.1 Å². The fourth-order valence-corrected chi connectivity index (χ4v) is 6.75. The Labute approximate surface area is 239 Å². The van der Waals surface area contributed by atoms with Crippen molar-refractivity contribution in [3.05, 3.63) is 142 Å². The Morgan fingerprint density at radius 3 is 2.33 bits per heavy atom. The summed E-state index contributed by atoms with van der Waals surface area (Å²) in [4.78, 5) is 7.97. The second kappa shape index (κ2) is 10.0. The van der Waals surface area contributed by atoms with Crippen molar-refractivity contribution in [2.24, 2.45) is 0 Å². The molecule has 0 radical (unpaired) electrons. The molecule has 0 saturated heterocycles. The summed E-state index contributed by atoms with van der Waals surface area (Å²) < 4.78 is 0. The standard InChI is InChI=1S/C36H27N3S/c1-24-12-15-28(16-13-24)39(29-17-14-25-8-5-6-9-26(25)20-29)30-18-19-32-33(21-30)36(2,3)34-22-31(40-35(32)34)11-7-10-27(23-37)38-4/h5-22H,1-3H3/b11-7+,27-10-. The van der Waals surface area contributed by atoms with Crippen molar-refractivity contribution in [1.82, 2.24) is 0 Å². The van der Waals surface area contributed by atoms with Gasteiger partial charge in [0.25, 0.3) is 5.70 Å². The van der Waals surface area contributed by atoms with Gasteiger partial charge < -0.3 is 4.90 Å². The number of thiophene rings is 1. The number of hydrogen-bond donors (Lipinski definition) is 0. The van der Waals surface area contributed by atoms with E-state index in [4.69, 9.17) is 11.8 Å². The second-order valence-electron chi connectivity index (χ2n) is 10.6. The van der Waals surface area contributed by atoms with Crippen molar-refractivity contribution >= 4 is 45.2 Å². The lowest BCUT2D eigenvalue weighted by atomic mass is 9.82. The molecule has 0 unspecified atom stereocenters. The zero-order chi connectivity index (χ0) is 27.9. The molecule has 40 heavy (non-hydrogen) atoms. The summed E-state index contributed by atoms with van der Waals surface area (Å²) in [6.07, 6.45) is 5.34. The van der Waals surface area contributed by atoms with Gasteiger partial charge >= 0.3 is 0 Å². The number of benzene rings is 4. The monoisotopic (exact) mass is 533 g/mol. The highest BCUT2D eigenvalue weighted by Gasteiger charge is 2.37. The summed E-state index contributed by atoms with van der Waals surface area (Å²) in [5, 5.41) is 11.4. The van der Waals surface area contributed by atoms with Crippen molar-refractivity contribution in [2.45, 2.75) is 26.2 Å². The number of allylic oxidation sites excluding steroid dienone is 3. The van der Waals surface area contributed by atoms with Crippen LogP contribution in [0.4, 0.5) is 17.1 Å². The van der Waals surface area contributed by atoms with Crippen molar-refractivity contribution in [1.29, 1.82) is 5.26 Å². The molecule has 1 heterocycles. The molecule has 0 aliphatic heterocycles. The predicted molar refractivity (Wildman–Crippen MR) is 168 cm³/mol. The van der Waals surface area contributed by atoms with E-state index in [1.807, 2.05) is 12.1 Å². The number of aryl methyl sites for hydroxylation is 1. The van der Waals surface area contributed by atoms with E-state index >= 15 is 0 Å². The molecule has 3 nitrogen and oxygen atoms in total. The van der Waals surface area contributed by atoms with Crippen LogP contribution >= 0.6 is 11.3 Å². The minimum atomic E-state index is -0.157. The molecule has 4 aromatic carbocycles. The first kappa shape index (κ1) is 25.4. The van der Waals surface area contributed by atoms with E-state index in [1.54, 1.807) is 23.5 Å². The van der Waals surface area contributed by atoms with Gasteiger partial charge in [0.15, 0.2) is 0 Å². The molecule has 4 heteroatoms. The molecule has 0 fully saturated rings. The van der Waals surface area contributed by atoms with Crippen molar-refractivity contribution < 1.29 is 0 Å². The minimum absolute atomic E-state index is 0.0862. The molecular formula is C36H27N3S. The fourth-order valence-electron chi connectivity index (χ4n) is 5.48. The Balaban J connectivity index is 1.44. The van der Waals surface area contributed by atoms with Crippen LogP contribution in [-0.2, 0) is 5.41 Å². The SMILES string of the molecule is [C-]#[N+]/C(C#N)=C\C=C\c1cc2c(s1)-c1ccc(N(c3ccc(C)cc3)c3ccc4ccccc4c3)cc1C2(C)C. The molecule has 5 aromatic rings. The lowest BCUT2D eigenvalue weighted by Crippen LogP contribution is -2.16. The van der Waals surface area contributed by atoms with Gasteiger partial charge in [0.2, 0.25) is 0 Å². The third kappa shape index (κ3) is 4.39. The molecule has 0 saturated carbocycles. The fraction of sp³-hybridized carbons (Fsp3) is 0.111. The molecule has 1 aliphatic rings. The van der Waals surface area contributed by atoms with Crippen LogP contribution in [0.1, 0.15) is 35.4 Å². The molecule has 0 amide bonds. The number of fused-ring (bicyclic) bond motifs is 4. The van der Waals surface area contributed by atoms with Gasteiger partial charge in [0.1, 0.15) is 0 Å². The largest absolute Gasteiger partial charge is 0.310 e. The molecule has 1 aromatic heterocycles. The molecule has 6 rings (SSSR count). The second-order valence-corrected chi connectivity index (χ2v) is 11.7. The third-order valence-electron chi connectivity index (χ3n) is 7.64. The summed E-state index contributed by atoms with van der Waals surface area (Å²) in [5.74, 6) is 0. The zero-order valence-electron chi connectivity index (χ0n) is 22.6. The first-order chi connectivity index (χ1) is 19.4. The normalized spacial score (nSPS) is 13.6. The van der Waals surface area contributed by atoms with Gasteiger partial charge in [-0.2, -0.15) is 0 Å². The van der Waals surface area contributed by atoms with Gasteiger partial charge in [-0.05, 0) is 89.0 Å². The number of anilines is 3. The van der Waals surface area contributed by atoms with Crippen LogP contribution in [0.2, 0.25) is 0 Å².